The third-order valence-electron chi connectivity index (χ3n) is 5.99. The van der Waals surface area contributed by atoms with Crippen molar-refractivity contribution in [2.45, 2.75) is 51.4 Å². The molecule has 0 saturated heterocycles. The molecular formula is C31H32N2O10. The van der Waals surface area contributed by atoms with E-state index in [4.69, 9.17) is 30.6 Å². The van der Waals surface area contributed by atoms with Gasteiger partial charge in [0, 0.05) is 0 Å². The molecule has 3 aromatic rings. The van der Waals surface area contributed by atoms with Crippen molar-refractivity contribution in [3.63, 3.8) is 0 Å². The van der Waals surface area contributed by atoms with Crippen molar-refractivity contribution in [1.82, 2.24) is 0 Å². The van der Waals surface area contributed by atoms with E-state index in [1.165, 1.54) is 70.2 Å². The molecule has 3 rings (SSSR count). The van der Waals surface area contributed by atoms with Gasteiger partial charge >= 0.3 is 29.8 Å². The van der Waals surface area contributed by atoms with Crippen LogP contribution in [0.2, 0.25) is 0 Å². The summed E-state index contributed by atoms with van der Waals surface area (Å²) < 4.78 is 21.8. The molecule has 3 aromatic carbocycles. The van der Waals surface area contributed by atoms with Gasteiger partial charge in [0.15, 0.2) is 11.5 Å². The van der Waals surface area contributed by atoms with Crippen LogP contribution < -0.4 is 21.1 Å². The zero-order chi connectivity index (χ0) is 31.8. The summed E-state index contributed by atoms with van der Waals surface area (Å²) >= 11 is 0. The average Bonchev–Trinajstić information content (AvgIpc) is 2.98. The average molecular weight is 593 g/mol. The highest BCUT2D eigenvalue weighted by atomic mass is 16.7. The standard InChI is InChI=1S/C31H32N2O10/c1-30(2,41-25(34)20-11-7-5-8-12-20)28(37)39-23-16-15-19(17-22(32)27(36)43-33)18-24(23)40-29(38)31(3,4)42-26(35)21-13-9-6-10-14-21/h5-16,18,22H,17,32-33H2,1-4H3/t22-/m0/s1. The second kappa shape index (κ2) is 13.7. The van der Waals surface area contributed by atoms with E-state index in [1.807, 2.05) is 0 Å². The van der Waals surface area contributed by atoms with Crippen LogP contribution in [0.3, 0.4) is 0 Å². The molecule has 12 nitrogen and oxygen atoms in total. The summed E-state index contributed by atoms with van der Waals surface area (Å²) in [7, 11) is 0. The van der Waals surface area contributed by atoms with Crippen molar-refractivity contribution in [2.75, 3.05) is 0 Å². The zero-order valence-electron chi connectivity index (χ0n) is 24.0. The van der Waals surface area contributed by atoms with Crippen LogP contribution in [0.1, 0.15) is 54.0 Å². The number of hydrogen-bond acceptors (Lipinski definition) is 12. The molecule has 0 heterocycles. The van der Waals surface area contributed by atoms with Gasteiger partial charge in [-0.05, 0) is 76.1 Å². The van der Waals surface area contributed by atoms with Gasteiger partial charge in [-0.1, -0.05) is 42.5 Å². The number of ether oxygens (including phenoxy) is 4. The summed E-state index contributed by atoms with van der Waals surface area (Å²) in [5, 5.41) is 0. The number of esters is 4. The zero-order valence-corrected chi connectivity index (χ0v) is 24.0. The summed E-state index contributed by atoms with van der Waals surface area (Å²) in [6.45, 7) is 5.32. The molecule has 0 bridgehead atoms. The van der Waals surface area contributed by atoms with Gasteiger partial charge in [-0.2, -0.15) is 5.90 Å². The van der Waals surface area contributed by atoms with Crippen molar-refractivity contribution in [3.8, 4) is 11.5 Å². The lowest BCUT2D eigenvalue weighted by Crippen LogP contribution is -2.41. The first-order valence-electron chi connectivity index (χ1n) is 13.0. The van der Waals surface area contributed by atoms with Crippen LogP contribution in [0.4, 0.5) is 0 Å². The maximum Gasteiger partial charge on any atom is 0.355 e. The Morgan fingerprint density at radius 2 is 1.12 bits per heavy atom. The summed E-state index contributed by atoms with van der Waals surface area (Å²) in [4.78, 5) is 67.4. The van der Waals surface area contributed by atoms with Crippen molar-refractivity contribution in [2.24, 2.45) is 11.6 Å². The van der Waals surface area contributed by atoms with E-state index in [-0.39, 0.29) is 29.0 Å². The minimum Gasteiger partial charge on any atom is -0.444 e. The molecular weight excluding hydrogens is 560 g/mol. The van der Waals surface area contributed by atoms with Crippen molar-refractivity contribution in [3.05, 3.63) is 95.6 Å². The monoisotopic (exact) mass is 592 g/mol. The number of nitrogens with two attached hydrogens (primary N) is 2. The maximum absolute atomic E-state index is 13.2. The van der Waals surface area contributed by atoms with Gasteiger partial charge in [0.2, 0.25) is 11.2 Å². The lowest BCUT2D eigenvalue weighted by Gasteiger charge is -2.25. The van der Waals surface area contributed by atoms with Gasteiger partial charge in [-0.25, -0.2) is 24.0 Å². The number of benzene rings is 3. The summed E-state index contributed by atoms with van der Waals surface area (Å²) in [6.07, 6.45) is -0.0820. The summed E-state index contributed by atoms with van der Waals surface area (Å²) in [5.74, 6) is 0.0109. The Labute approximate surface area is 247 Å². The van der Waals surface area contributed by atoms with E-state index in [2.05, 4.69) is 4.84 Å². The Balaban J connectivity index is 1.85. The highest BCUT2D eigenvalue weighted by Crippen LogP contribution is 2.32. The van der Waals surface area contributed by atoms with E-state index in [0.29, 0.717) is 5.56 Å². The first-order valence-corrected chi connectivity index (χ1v) is 13.0. The highest BCUT2D eigenvalue weighted by molar-refractivity contribution is 5.94. The smallest absolute Gasteiger partial charge is 0.355 e. The van der Waals surface area contributed by atoms with Gasteiger partial charge < -0.3 is 29.5 Å². The van der Waals surface area contributed by atoms with Crippen LogP contribution in [-0.4, -0.2) is 47.1 Å². The van der Waals surface area contributed by atoms with E-state index in [1.54, 1.807) is 36.4 Å². The van der Waals surface area contributed by atoms with Gasteiger partial charge in [0.1, 0.15) is 6.04 Å². The number of carbonyl (C=O) groups excluding carboxylic acids is 5. The number of carbonyl (C=O) groups is 5. The van der Waals surface area contributed by atoms with Crippen LogP contribution >= 0.6 is 0 Å². The fourth-order valence-corrected chi connectivity index (χ4v) is 3.53. The van der Waals surface area contributed by atoms with E-state index < -0.39 is 47.1 Å². The molecule has 4 N–H and O–H groups in total. The van der Waals surface area contributed by atoms with Crippen LogP contribution in [0, 0.1) is 0 Å². The molecule has 0 aliphatic heterocycles. The first-order chi connectivity index (χ1) is 20.2. The molecule has 0 spiro atoms. The molecule has 43 heavy (non-hydrogen) atoms. The molecule has 0 amide bonds. The van der Waals surface area contributed by atoms with Gasteiger partial charge in [-0.3, -0.25) is 0 Å². The second-order valence-corrected chi connectivity index (χ2v) is 10.3. The van der Waals surface area contributed by atoms with E-state index in [0.717, 1.165) is 0 Å². The Bertz CT molecular complexity index is 1490. The SMILES string of the molecule is CC(C)(OC(=O)c1ccccc1)C(=O)Oc1ccc(C[C@H](N)C(=O)ON)cc1OC(=O)C(C)(C)OC(=O)c1ccccc1. The predicted molar refractivity (Wildman–Crippen MR) is 152 cm³/mol. The minimum atomic E-state index is -1.78. The number of hydrogen-bond donors (Lipinski definition) is 2. The Morgan fingerprint density at radius 1 is 0.674 bits per heavy atom. The summed E-state index contributed by atoms with van der Waals surface area (Å²) in [5.41, 5.74) is 3.09. The quantitative estimate of drug-likeness (QED) is 0.189. The molecule has 0 unspecified atom stereocenters. The van der Waals surface area contributed by atoms with Crippen LogP contribution in [-0.2, 0) is 35.1 Å². The Hall–Kier alpha value is -5.07. The van der Waals surface area contributed by atoms with Crippen LogP contribution in [0.25, 0.3) is 0 Å². The number of rotatable bonds is 11. The van der Waals surface area contributed by atoms with Crippen LogP contribution in [0.5, 0.6) is 11.5 Å². The van der Waals surface area contributed by atoms with Gasteiger partial charge in [0.05, 0.1) is 11.1 Å². The molecule has 0 aliphatic rings. The Kier molecular flexibility index (Phi) is 10.4. The molecule has 0 saturated carbocycles. The highest BCUT2D eigenvalue weighted by Gasteiger charge is 2.38. The largest absolute Gasteiger partial charge is 0.444 e. The summed E-state index contributed by atoms with van der Waals surface area (Å²) in [6, 6.07) is 19.0. The molecule has 0 aliphatic carbocycles. The molecule has 226 valence electrons. The third kappa shape index (κ3) is 8.71. The van der Waals surface area contributed by atoms with Gasteiger partial charge in [0.25, 0.3) is 0 Å². The lowest BCUT2D eigenvalue weighted by atomic mass is 10.1. The predicted octanol–water partition coefficient (Wildman–Crippen LogP) is 3.06. The maximum atomic E-state index is 13.2. The van der Waals surface area contributed by atoms with Crippen molar-refractivity contribution >= 4 is 29.8 Å². The molecule has 0 radical (unpaired) electrons. The third-order valence-corrected chi connectivity index (χ3v) is 5.99. The van der Waals surface area contributed by atoms with Crippen LogP contribution in [0.15, 0.2) is 78.9 Å². The molecule has 1 atom stereocenters. The second-order valence-electron chi connectivity index (χ2n) is 10.3. The van der Waals surface area contributed by atoms with Crippen molar-refractivity contribution < 1.29 is 47.8 Å². The first kappa shape index (κ1) is 32.4. The Morgan fingerprint density at radius 3 is 1.56 bits per heavy atom. The fraction of sp³-hybridized carbons (Fsp3) is 0.258. The molecule has 12 heteroatoms. The van der Waals surface area contributed by atoms with Crippen molar-refractivity contribution in [1.29, 1.82) is 0 Å². The topological polar surface area (TPSA) is 184 Å². The molecule has 0 fully saturated rings. The van der Waals surface area contributed by atoms with E-state index in [9.17, 15) is 24.0 Å². The van der Waals surface area contributed by atoms with E-state index >= 15 is 0 Å². The minimum absolute atomic E-state index is 0.0820. The lowest BCUT2D eigenvalue weighted by molar-refractivity contribution is -0.155. The van der Waals surface area contributed by atoms with Gasteiger partial charge in [-0.15, -0.1) is 0 Å². The molecule has 0 aromatic heterocycles. The normalized spacial score (nSPS) is 12.0. The fourth-order valence-electron chi connectivity index (χ4n) is 3.53.